The minimum absolute atomic E-state index is 0.120. The lowest BCUT2D eigenvalue weighted by Crippen LogP contribution is -2.59. The van der Waals surface area contributed by atoms with Crippen LogP contribution in [0.15, 0.2) is 128 Å². The minimum Gasteiger partial charge on any atom is -0.463 e. The van der Waals surface area contributed by atoms with Crippen LogP contribution in [0.5, 0.6) is 0 Å². The van der Waals surface area contributed by atoms with Crippen molar-refractivity contribution >= 4 is 56.1 Å². The summed E-state index contributed by atoms with van der Waals surface area (Å²) in [5.74, 6) is -3.72. The highest BCUT2D eigenvalue weighted by molar-refractivity contribution is 9.09. The van der Waals surface area contributed by atoms with Crippen LogP contribution in [0, 0.1) is 11.8 Å². The van der Waals surface area contributed by atoms with Gasteiger partial charge in [0.25, 0.3) is 5.91 Å². The van der Waals surface area contributed by atoms with E-state index in [9.17, 15) is 14.7 Å². The van der Waals surface area contributed by atoms with Crippen LogP contribution in [0.2, 0.25) is 0 Å². The van der Waals surface area contributed by atoms with E-state index in [1.165, 1.54) is 4.90 Å². The molecule has 4 aromatic carbocycles. The fourth-order valence-electron chi connectivity index (χ4n) is 8.76. The Bertz CT molecular complexity index is 2100. The van der Waals surface area contributed by atoms with Crippen molar-refractivity contribution in [2.24, 2.45) is 11.8 Å². The summed E-state index contributed by atoms with van der Waals surface area (Å²) in [6, 6.07) is 29.6. The molecule has 8 atom stereocenters. The largest absolute Gasteiger partial charge is 0.463 e. The van der Waals surface area contributed by atoms with Crippen molar-refractivity contribution in [1.29, 1.82) is 0 Å². The summed E-state index contributed by atoms with van der Waals surface area (Å²) in [4.78, 5) is 60.4. The van der Waals surface area contributed by atoms with Gasteiger partial charge < -0.3 is 29.7 Å². The number of aliphatic hydroxyl groups is 1. The lowest BCUT2D eigenvalue weighted by atomic mass is 9.70. The molecule has 56 heavy (non-hydrogen) atoms. The van der Waals surface area contributed by atoms with Gasteiger partial charge in [-0.25, -0.2) is 0 Å². The van der Waals surface area contributed by atoms with Gasteiger partial charge in [0.05, 0.1) is 36.6 Å². The van der Waals surface area contributed by atoms with Crippen LogP contribution in [-0.2, 0) is 35.1 Å². The van der Waals surface area contributed by atoms with E-state index in [-0.39, 0.29) is 37.2 Å². The summed E-state index contributed by atoms with van der Waals surface area (Å²) in [6.45, 7) is 7.22. The smallest absolute Gasteiger partial charge is 0.306 e. The van der Waals surface area contributed by atoms with Gasteiger partial charge in [0, 0.05) is 23.5 Å². The molecule has 7 rings (SSSR count). The van der Waals surface area contributed by atoms with E-state index in [0.717, 1.165) is 21.9 Å². The van der Waals surface area contributed by atoms with Crippen LogP contribution in [0.25, 0.3) is 10.8 Å². The third-order valence-corrected chi connectivity index (χ3v) is 12.1. The fourth-order valence-corrected chi connectivity index (χ4v) is 9.71. The molecule has 0 aliphatic carbocycles. The van der Waals surface area contributed by atoms with Gasteiger partial charge in [-0.1, -0.05) is 119 Å². The molecule has 3 aliphatic rings. The maximum Gasteiger partial charge on any atom is 0.306 e. The molecule has 3 fully saturated rings. The number of rotatable bonds is 16. The lowest BCUT2D eigenvalue weighted by Gasteiger charge is -2.39. The van der Waals surface area contributed by atoms with Gasteiger partial charge in [0.2, 0.25) is 11.8 Å². The van der Waals surface area contributed by atoms with E-state index >= 15 is 9.59 Å². The number of nitrogens with zero attached hydrogens (tertiary/aromatic N) is 2. The second kappa shape index (κ2) is 17.0. The van der Waals surface area contributed by atoms with Crippen molar-refractivity contribution in [3.63, 3.8) is 0 Å². The van der Waals surface area contributed by atoms with E-state index in [1.807, 2.05) is 103 Å². The molecule has 1 spiro atoms. The Balaban J connectivity index is 1.27. The number of nitrogens with one attached hydrogen (secondary N) is 1. The summed E-state index contributed by atoms with van der Waals surface area (Å²) in [5.41, 5.74) is 0.825. The first kappa shape index (κ1) is 39.1. The highest BCUT2D eigenvalue weighted by Gasteiger charge is 2.77. The third-order valence-electron chi connectivity index (χ3n) is 11.3. The zero-order valence-corrected chi connectivity index (χ0v) is 32.6. The molecule has 3 heterocycles. The van der Waals surface area contributed by atoms with Crippen LogP contribution in [0.3, 0.4) is 0 Å². The maximum atomic E-state index is 15.3. The van der Waals surface area contributed by atoms with Gasteiger partial charge >= 0.3 is 5.97 Å². The molecule has 3 amide bonds. The van der Waals surface area contributed by atoms with Gasteiger partial charge in [-0.15, -0.1) is 13.2 Å². The molecule has 10 nitrogen and oxygen atoms in total. The number of carbonyl (C=O) groups is 4. The zero-order valence-electron chi connectivity index (χ0n) is 31.0. The Kier molecular flexibility index (Phi) is 11.8. The number of benzene rings is 4. The molecule has 4 aromatic rings. The van der Waals surface area contributed by atoms with Gasteiger partial charge in [-0.2, -0.15) is 0 Å². The first-order chi connectivity index (χ1) is 27.2. The Morgan fingerprint density at radius 1 is 0.982 bits per heavy atom. The number of anilines is 1. The fraction of sp³-hybridized carbons (Fsp3) is 0.333. The van der Waals surface area contributed by atoms with Crippen molar-refractivity contribution in [3.05, 3.63) is 140 Å². The second-order valence-electron chi connectivity index (χ2n) is 14.7. The predicted molar refractivity (Wildman–Crippen MR) is 218 cm³/mol. The van der Waals surface area contributed by atoms with Crippen molar-refractivity contribution in [1.82, 2.24) is 10.2 Å². The van der Waals surface area contributed by atoms with Crippen molar-refractivity contribution < 1.29 is 33.8 Å². The summed E-state index contributed by atoms with van der Waals surface area (Å²) in [5, 5.41) is 16.0. The Hall–Kier alpha value is -5.10. The average molecular weight is 821 g/mol. The standard InChI is InChI=1S/C45H46BrN3O7/c1-3-5-20-37(51)55-28-36(31-17-10-7-11-18-31)47-42(52)38-39-43(53)49(34(27-50)24-29-14-8-6-9-15-29)41(45(39)26-35(46)40(38)56-45)44(54)48(23-4-2)33-22-21-30-16-12-13-19-32(30)25-33/h3-4,6-19,21-22,25,34-36,38-41,50H,1-2,5,20,23-24,26-28H2,(H,47,52)/t34-,35?,36-,38+,39-,40+,41+,45-/m1/s1. The molecule has 3 saturated heterocycles. The van der Waals surface area contributed by atoms with Gasteiger partial charge in [-0.3, -0.25) is 19.2 Å². The Morgan fingerprint density at radius 3 is 2.38 bits per heavy atom. The van der Waals surface area contributed by atoms with Crippen LogP contribution in [-0.4, -0.2) is 82.1 Å². The highest BCUT2D eigenvalue weighted by atomic mass is 79.9. The van der Waals surface area contributed by atoms with E-state index in [2.05, 4.69) is 34.4 Å². The van der Waals surface area contributed by atoms with E-state index in [0.29, 0.717) is 12.1 Å². The van der Waals surface area contributed by atoms with Crippen LogP contribution < -0.4 is 10.2 Å². The maximum absolute atomic E-state index is 15.3. The second-order valence-corrected chi connectivity index (χ2v) is 15.9. The highest BCUT2D eigenvalue weighted by Crippen LogP contribution is 2.60. The normalized spacial score (nSPS) is 24.6. The van der Waals surface area contributed by atoms with Crippen molar-refractivity contribution in [2.75, 3.05) is 24.7 Å². The number of carbonyl (C=O) groups excluding carboxylic acids is 4. The van der Waals surface area contributed by atoms with Gasteiger partial charge in [0.1, 0.15) is 18.2 Å². The molecule has 1 unspecified atom stereocenters. The van der Waals surface area contributed by atoms with E-state index in [4.69, 9.17) is 9.47 Å². The van der Waals surface area contributed by atoms with Crippen LogP contribution in [0.1, 0.15) is 36.4 Å². The zero-order chi connectivity index (χ0) is 39.4. The molecular weight excluding hydrogens is 774 g/mol. The number of ether oxygens (including phenoxy) is 2. The first-order valence-electron chi connectivity index (χ1n) is 19.0. The molecule has 0 saturated carbocycles. The van der Waals surface area contributed by atoms with Crippen molar-refractivity contribution in [2.45, 2.75) is 60.3 Å². The molecule has 11 heteroatoms. The topological polar surface area (TPSA) is 125 Å². The van der Waals surface area contributed by atoms with Crippen LogP contribution in [0.4, 0.5) is 5.69 Å². The number of fused-ring (bicyclic) bond motifs is 2. The van der Waals surface area contributed by atoms with E-state index < -0.39 is 72.0 Å². The summed E-state index contributed by atoms with van der Waals surface area (Å²) >= 11 is 3.78. The number of hydrogen-bond acceptors (Lipinski definition) is 7. The van der Waals surface area contributed by atoms with E-state index in [1.54, 1.807) is 17.1 Å². The third kappa shape index (κ3) is 7.43. The van der Waals surface area contributed by atoms with Gasteiger partial charge in [0.15, 0.2) is 0 Å². The average Bonchev–Trinajstić information content (AvgIpc) is 3.83. The van der Waals surface area contributed by atoms with Crippen LogP contribution >= 0.6 is 15.9 Å². The molecule has 0 radical (unpaired) electrons. The van der Waals surface area contributed by atoms with Gasteiger partial charge in [-0.05, 0) is 53.3 Å². The minimum atomic E-state index is -1.39. The quantitative estimate of drug-likeness (QED) is 0.0799. The summed E-state index contributed by atoms with van der Waals surface area (Å²) in [7, 11) is 0. The number of halogens is 1. The molecule has 290 valence electrons. The summed E-state index contributed by atoms with van der Waals surface area (Å²) in [6.07, 6.45) is 3.73. The number of likely N-dealkylation sites (tertiary alicyclic amines) is 1. The molecule has 2 bridgehead atoms. The number of allylic oxidation sites excluding steroid dienone is 1. The SMILES string of the molecule is C=CCCC(=O)OC[C@@H](NC(=O)[C@@H]1[C@H]2O[C@@]3(CC2Br)[C@H](C(=O)N(CC=C)c2ccc4ccccc4c2)N([C@@H](CO)Cc2ccccc2)C(=O)[C@@H]13)c1ccccc1. The predicted octanol–water partition coefficient (Wildman–Crippen LogP) is 6.08. The Morgan fingerprint density at radius 2 is 1.68 bits per heavy atom. The van der Waals surface area contributed by atoms with Crippen molar-refractivity contribution in [3.8, 4) is 0 Å². The summed E-state index contributed by atoms with van der Waals surface area (Å²) < 4.78 is 12.5. The Labute approximate surface area is 335 Å². The number of esters is 1. The molecule has 2 N–H and O–H groups in total. The number of aliphatic hydroxyl groups excluding tert-OH is 1. The molecule has 0 aromatic heterocycles. The molecular formula is C45H46BrN3O7. The lowest BCUT2D eigenvalue weighted by molar-refractivity contribution is -0.146. The molecule has 3 aliphatic heterocycles. The first-order valence-corrected chi connectivity index (χ1v) is 19.9. The number of alkyl halides is 1. The monoisotopic (exact) mass is 819 g/mol. The number of amides is 3. The number of hydrogen-bond donors (Lipinski definition) is 2.